The van der Waals surface area contributed by atoms with Crippen LogP contribution >= 0.6 is 11.3 Å². The molecule has 29 heavy (non-hydrogen) atoms. The van der Waals surface area contributed by atoms with Crippen LogP contribution in [0.15, 0.2) is 35.7 Å². The third-order valence-corrected chi connectivity index (χ3v) is 7.08. The first-order valence-corrected chi connectivity index (χ1v) is 10.8. The number of thiophene rings is 1. The molecule has 3 heterocycles. The maximum absolute atomic E-state index is 13.0. The number of rotatable bonds is 3. The molecule has 1 amide bonds. The number of anilines is 1. The monoisotopic (exact) mass is 424 g/mol. The van der Waals surface area contributed by atoms with Gasteiger partial charge in [0.1, 0.15) is 6.04 Å². The number of nitrogens with one attached hydrogen (secondary N) is 1. The van der Waals surface area contributed by atoms with E-state index in [0.29, 0.717) is 44.5 Å². The van der Waals surface area contributed by atoms with Crippen LogP contribution in [0.3, 0.4) is 0 Å². The van der Waals surface area contributed by atoms with Gasteiger partial charge in [-0.3, -0.25) is 4.79 Å². The molecule has 4 rings (SSSR count). The van der Waals surface area contributed by atoms with Gasteiger partial charge in [-0.05, 0) is 36.6 Å². The van der Waals surface area contributed by atoms with E-state index in [9.17, 15) is 18.0 Å². The van der Waals surface area contributed by atoms with Gasteiger partial charge in [0.2, 0.25) is 0 Å². The lowest BCUT2D eigenvalue weighted by molar-refractivity contribution is -0.924. The minimum absolute atomic E-state index is 0.134. The smallest absolute Gasteiger partial charge is 0.368 e. The number of benzene rings is 1. The molecule has 4 nitrogen and oxygen atoms in total. The highest BCUT2D eigenvalue weighted by Crippen LogP contribution is 2.32. The van der Waals surface area contributed by atoms with Crippen molar-refractivity contribution in [2.75, 3.05) is 44.2 Å². The van der Waals surface area contributed by atoms with Crippen molar-refractivity contribution in [1.29, 1.82) is 0 Å². The highest BCUT2D eigenvalue weighted by atomic mass is 32.1. The van der Waals surface area contributed by atoms with Crippen LogP contribution in [0.4, 0.5) is 18.9 Å². The number of fused-ring (bicyclic) bond motifs is 1. The van der Waals surface area contributed by atoms with Crippen molar-refractivity contribution >= 4 is 22.9 Å². The number of nitrogens with zero attached hydrogens (tertiary/aromatic N) is 2. The summed E-state index contributed by atoms with van der Waals surface area (Å²) in [7, 11) is 0. The maximum Gasteiger partial charge on any atom is 0.416 e. The van der Waals surface area contributed by atoms with Gasteiger partial charge >= 0.3 is 6.18 Å². The summed E-state index contributed by atoms with van der Waals surface area (Å²) in [4.78, 5) is 19.3. The van der Waals surface area contributed by atoms with E-state index in [1.54, 1.807) is 17.4 Å². The fraction of sp³-hybridized carbons (Fsp3) is 0.476. The maximum atomic E-state index is 13.0. The Labute approximate surface area is 172 Å². The number of hydrogen-bond acceptors (Lipinski definition) is 3. The van der Waals surface area contributed by atoms with Crippen molar-refractivity contribution in [2.45, 2.75) is 25.6 Å². The van der Waals surface area contributed by atoms with Gasteiger partial charge in [-0.2, -0.15) is 13.2 Å². The zero-order valence-electron chi connectivity index (χ0n) is 16.3. The second-order valence-electron chi connectivity index (χ2n) is 7.77. The van der Waals surface area contributed by atoms with Crippen LogP contribution in [0.2, 0.25) is 0 Å². The van der Waals surface area contributed by atoms with Crippen LogP contribution in [-0.2, 0) is 17.4 Å². The van der Waals surface area contributed by atoms with E-state index in [0.717, 1.165) is 19.0 Å². The van der Waals surface area contributed by atoms with E-state index >= 15 is 0 Å². The standard InChI is InChI=1S/C21H24F3N3OS/c1-15-18-6-12-29-19(18)5-7-27(15)14-20(28)26-10-8-25(9-11-26)17-4-2-3-16(13-17)21(22,23)24/h2-4,6,12-13,15H,5,7-11,14H2,1H3/p+1/t15-/m0/s1. The number of carbonyl (C=O) groups excluding carboxylic acids is 1. The van der Waals surface area contributed by atoms with Crippen LogP contribution in [0, 0.1) is 0 Å². The van der Waals surface area contributed by atoms with Gasteiger partial charge in [-0.15, -0.1) is 11.3 Å². The molecule has 0 radical (unpaired) electrons. The van der Waals surface area contributed by atoms with E-state index in [1.807, 2.05) is 9.80 Å². The van der Waals surface area contributed by atoms with Crippen LogP contribution < -0.4 is 9.80 Å². The van der Waals surface area contributed by atoms with Crippen LogP contribution in [0.5, 0.6) is 0 Å². The minimum atomic E-state index is -4.34. The highest BCUT2D eigenvalue weighted by molar-refractivity contribution is 7.10. The van der Waals surface area contributed by atoms with Gasteiger partial charge < -0.3 is 14.7 Å². The summed E-state index contributed by atoms with van der Waals surface area (Å²) in [5, 5.41) is 2.12. The van der Waals surface area contributed by atoms with Crippen LogP contribution in [-0.4, -0.2) is 50.1 Å². The molecule has 1 aromatic carbocycles. The molecule has 0 aliphatic carbocycles. The summed E-state index contributed by atoms with van der Waals surface area (Å²) in [5.74, 6) is 0.134. The first kappa shape index (κ1) is 20.2. The number of carbonyl (C=O) groups is 1. The first-order chi connectivity index (χ1) is 13.8. The number of alkyl halides is 3. The fourth-order valence-electron chi connectivity index (χ4n) is 4.29. The van der Waals surface area contributed by atoms with Gasteiger partial charge in [-0.25, -0.2) is 0 Å². The van der Waals surface area contributed by atoms with Crippen molar-refractivity contribution in [1.82, 2.24) is 4.90 Å². The van der Waals surface area contributed by atoms with Crippen LogP contribution in [0.1, 0.15) is 29.0 Å². The molecule has 0 bridgehead atoms. The predicted molar refractivity (Wildman–Crippen MR) is 107 cm³/mol. The third-order valence-electron chi connectivity index (χ3n) is 6.08. The highest BCUT2D eigenvalue weighted by Gasteiger charge is 2.33. The van der Waals surface area contributed by atoms with E-state index in [2.05, 4.69) is 18.4 Å². The molecule has 156 valence electrons. The average molecular weight is 425 g/mol. The molecule has 1 aromatic heterocycles. The quantitative estimate of drug-likeness (QED) is 0.821. The zero-order valence-corrected chi connectivity index (χ0v) is 17.2. The predicted octanol–water partition coefficient (Wildman–Crippen LogP) is 2.62. The van der Waals surface area contributed by atoms with Crippen molar-refractivity contribution in [3.05, 3.63) is 51.7 Å². The summed E-state index contributed by atoms with van der Waals surface area (Å²) in [6, 6.07) is 7.91. The Morgan fingerprint density at radius 3 is 2.69 bits per heavy atom. The van der Waals surface area contributed by atoms with Gasteiger partial charge in [0.05, 0.1) is 12.1 Å². The van der Waals surface area contributed by atoms with Gasteiger partial charge in [0, 0.05) is 48.7 Å². The Balaban J connectivity index is 1.34. The van der Waals surface area contributed by atoms with E-state index in [-0.39, 0.29) is 5.91 Å². The van der Waals surface area contributed by atoms with E-state index < -0.39 is 11.7 Å². The lowest BCUT2D eigenvalue weighted by Crippen LogP contribution is -3.14. The van der Waals surface area contributed by atoms with Gasteiger partial charge in [0.25, 0.3) is 5.91 Å². The summed E-state index contributed by atoms with van der Waals surface area (Å²) in [6.45, 7) is 5.80. The second kappa shape index (κ2) is 7.99. The topological polar surface area (TPSA) is 28.0 Å². The Bertz CT molecular complexity index is 874. The number of quaternary nitrogens is 1. The van der Waals surface area contributed by atoms with Crippen LogP contribution in [0.25, 0.3) is 0 Å². The van der Waals surface area contributed by atoms with E-state index in [4.69, 9.17) is 0 Å². The third kappa shape index (κ3) is 4.28. The minimum Gasteiger partial charge on any atom is -0.368 e. The summed E-state index contributed by atoms with van der Waals surface area (Å²) in [5.41, 5.74) is 1.29. The number of halogens is 3. The number of hydrogen-bond donors (Lipinski definition) is 1. The Morgan fingerprint density at radius 1 is 1.21 bits per heavy atom. The molecular formula is C21H25F3N3OS+. The molecular weight excluding hydrogens is 399 g/mol. The first-order valence-electron chi connectivity index (χ1n) is 9.94. The van der Waals surface area contributed by atoms with Crippen molar-refractivity contribution in [3.8, 4) is 0 Å². The fourth-order valence-corrected chi connectivity index (χ4v) is 5.27. The normalized spacial score (nSPS) is 22.5. The molecule has 0 spiro atoms. The molecule has 1 fully saturated rings. The molecule has 2 atom stereocenters. The second-order valence-corrected chi connectivity index (χ2v) is 8.77. The Morgan fingerprint density at radius 2 is 1.97 bits per heavy atom. The summed E-state index contributed by atoms with van der Waals surface area (Å²) in [6.07, 6.45) is -3.33. The Hall–Kier alpha value is -2.06. The summed E-state index contributed by atoms with van der Waals surface area (Å²) >= 11 is 1.79. The zero-order chi connectivity index (χ0) is 20.6. The Kier molecular flexibility index (Phi) is 5.57. The van der Waals surface area contributed by atoms with Gasteiger partial charge in [-0.1, -0.05) is 6.07 Å². The average Bonchev–Trinajstić information content (AvgIpc) is 3.19. The molecule has 1 unspecified atom stereocenters. The van der Waals surface area contributed by atoms with E-state index in [1.165, 1.54) is 27.5 Å². The number of amides is 1. The summed E-state index contributed by atoms with van der Waals surface area (Å²) < 4.78 is 38.9. The number of piperazine rings is 1. The lowest BCUT2D eigenvalue weighted by atomic mass is 10.0. The molecule has 0 saturated carbocycles. The molecule has 1 N–H and O–H groups in total. The molecule has 8 heteroatoms. The van der Waals surface area contributed by atoms with Gasteiger partial charge in [0.15, 0.2) is 6.54 Å². The lowest BCUT2D eigenvalue weighted by Gasteiger charge is -2.37. The molecule has 2 aromatic rings. The molecule has 1 saturated heterocycles. The van der Waals surface area contributed by atoms with Crippen molar-refractivity contribution in [3.63, 3.8) is 0 Å². The van der Waals surface area contributed by atoms with Crippen molar-refractivity contribution < 1.29 is 22.9 Å². The SMILES string of the molecule is C[C@H]1c2ccsc2CC[NH+]1CC(=O)N1CCN(c2cccc(C(F)(F)F)c2)CC1. The molecule has 2 aliphatic rings. The van der Waals surface area contributed by atoms with Crippen molar-refractivity contribution in [2.24, 2.45) is 0 Å². The largest absolute Gasteiger partial charge is 0.416 e. The molecule has 2 aliphatic heterocycles.